The number of esters is 1. The van der Waals surface area contributed by atoms with Crippen LogP contribution in [0.2, 0.25) is 0 Å². The second-order valence-corrected chi connectivity index (χ2v) is 6.72. The van der Waals surface area contributed by atoms with E-state index in [1.165, 1.54) is 46.2 Å². The minimum Gasteiger partial charge on any atom is -0.503 e. The highest BCUT2D eigenvalue weighted by molar-refractivity contribution is 6.16. The number of anilines is 1. The molecule has 0 aliphatic rings. The minimum atomic E-state index is -0.450. The summed E-state index contributed by atoms with van der Waals surface area (Å²) >= 11 is 0. The van der Waals surface area contributed by atoms with Gasteiger partial charge in [-0.25, -0.2) is 4.79 Å². The number of hydrogen-bond acceptors (Lipinski definition) is 5. The number of nitrogens with one attached hydrogen (secondary N) is 1. The number of rotatable bonds is 12. The van der Waals surface area contributed by atoms with Crippen LogP contribution in [0.4, 0.5) is 5.69 Å². The molecule has 0 aliphatic heterocycles. The van der Waals surface area contributed by atoms with Crippen molar-refractivity contribution in [1.82, 2.24) is 0 Å². The molecule has 0 saturated heterocycles. The van der Waals surface area contributed by atoms with Gasteiger partial charge in [-0.15, -0.1) is 0 Å². The lowest BCUT2D eigenvalue weighted by atomic mass is 10.0. The Morgan fingerprint density at radius 2 is 1.76 bits per heavy atom. The molecule has 5 nitrogen and oxygen atoms in total. The maximum Gasteiger partial charge on any atom is 0.341 e. The van der Waals surface area contributed by atoms with Crippen LogP contribution in [0.5, 0.6) is 5.75 Å². The summed E-state index contributed by atoms with van der Waals surface area (Å²) in [5.74, 6) is 0.320. The third-order valence-corrected chi connectivity index (χ3v) is 4.56. The van der Waals surface area contributed by atoms with Gasteiger partial charge in [0.2, 0.25) is 0 Å². The number of ether oxygens (including phenoxy) is 3. The summed E-state index contributed by atoms with van der Waals surface area (Å²) in [6, 6.07) is 15.5. The topological polar surface area (TPSA) is 56.8 Å². The first-order valence-electron chi connectivity index (χ1n) is 10.1. The van der Waals surface area contributed by atoms with Gasteiger partial charge in [0, 0.05) is 12.2 Å². The number of carbonyl (C=O) groups excluding carboxylic acids is 1. The number of methoxy groups -OCH3 is 2. The molecular weight excluding hydrogens is 366 g/mol. The molecule has 0 atom stereocenters. The van der Waals surface area contributed by atoms with Gasteiger partial charge >= 0.3 is 5.97 Å². The summed E-state index contributed by atoms with van der Waals surface area (Å²) in [4.78, 5) is 12.1. The Morgan fingerprint density at radius 1 is 1.00 bits per heavy atom. The van der Waals surface area contributed by atoms with Gasteiger partial charge in [0.25, 0.3) is 0 Å². The Hall–Kier alpha value is -2.95. The Kier molecular flexibility index (Phi) is 9.63. The number of hydrogen-bond donors (Lipinski definition) is 1. The van der Waals surface area contributed by atoms with Gasteiger partial charge in [0.05, 0.1) is 20.5 Å². The van der Waals surface area contributed by atoms with E-state index in [2.05, 4.69) is 12.2 Å². The zero-order valence-corrected chi connectivity index (χ0v) is 17.6. The van der Waals surface area contributed by atoms with Crippen LogP contribution in [0.3, 0.4) is 0 Å². The van der Waals surface area contributed by atoms with Gasteiger partial charge < -0.3 is 19.5 Å². The molecule has 0 heterocycles. The van der Waals surface area contributed by atoms with Crippen LogP contribution < -0.4 is 10.1 Å². The van der Waals surface area contributed by atoms with Crippen molar-refractivity contribution in [1.29, 1.82) is 0 Å². The van der Waals surface area contributed by atoms with Gasteiger partial charge in [-0.05, 0) is 41.8 Å². The molecule has 2 aromatic rings. The van der Waals surface area contributed by atoms with Crippen LogP contribution in [-0.4, -0.2) is 26.7 Å². The average Bonchev–Trinajstić information content (AvgIpc) is 2.76. The van der Waals surface area contributed by atoms with E-state index in [9.17, 15) is 4.79 Å². The first-order valence-corrected chi connectivity index (χ1v) is 10.1. The van der Waals surface area contributed by atoms with Crippen LogP contribution in [0.1, 0.15) is 43.7 Å². The molecule has 0 saturated carbocycles. The molecule has 0 radical (unpaired) electrons. The van der Waals surface area contributed by atoms with Gasteiger partial charge in [-0.3, -0.25) is 0 Å². The summed E-state index contributed by atoms with van der Waals surface area (Å²) in [6.07, 6.45) is 6.37. The summed E-state index contributed by atoms with van der Waals surface area (Å²) in [6.45, 7) is 3.53. The van der Waals surface area contributed by atoms with Crippen LogP contribution in [-0.2, 0) is 20.9 Å². The van der Waals surface area contributed by atoms with Gasteiger partial charge in [0.15, 0.2) is 0 Å². The van der Waals surface area contributed by atoms with Crippen LogP contribution >= 0.6 is 0 Å². The summed E-state index contributed by atoms with van der Waals surface area (Å²) in [7, 11) is 2.85. The molecular formula is C24H31NO4. The van der Waals surface area contributed by atoms with Crippen molar-refractivity contribution < 1.29 is 19.0 Å². The smallest absolute Gasteiger partial charge is 0.341 e. The van der Waals surface area contributed by atoms with Crippen LogP contribution in [0, 0.1) is 0 Å². The average molecular weight is 398 g/mol. The van der Waals surface area contributed by atoms with E-state index < -0.39 is 5.97 Å². The molecule has 29 heavy (non-hydrogen) atoms. The van der Waals surface area contributed by atoms with E-state index in [-0.39, 0.29) is 0 Å². The standard InChI is InChI=1S/C24H31NO4/c1-4-5-6-9-16-25-20-12-14-21(15-13-20)29-17-19-10-7-8-11-22(19)23(18-27-2)24(26)28-3/h7-8,10-15,18,25H,4-6,9,16-17H2,1-3H3/b23-18+. The molecule has 156 valence electrons. The van der Waals surface area contributed by atoms with Crippen molar-refractivity contribution in [3.05, 3.63) is 65.9 Å². The summed E-state index contributed by atoms with van der Waals surface area (Å²) < 4.78 is 15.9. The Morgan fingerprint density at radius 3 is 2.45 bits per heavy atom. The van der Waals surface area contributed by atoms with E-state index in [4.69, 9.17) is 14.2 Å². The molecule has 5 heteroatoms. The SMILES string of the molecule is CCCCCCNc1ccc(OCc2ccccc2/C(=C\OC)C(=O)OC)cc1. The molecule has 0 bridgehead atoms. The van der Waals surface area contributed by atoms with Crippen molar-refractivity contribution in [2.24, 2.45) is 0 Å². The molecule has 0 fully saturated rings. The Labute approximate surface area is 173 Å². The molecule has 0 aliphatic carbocycles. The lowest BCUT2D eigenvalue weighted by molar-refractivity contribution is -0.133. The van der Waals surface area contributed by atoms with E-state index >= 15 is 0 Å². The van der Waals surface area contributed by atoms with E-state index in [1.54, 1.807) is 0 Å². The van der Waals surface area contributed by atoms with Crippen molar-refractivity contribution in [3.63, 3.8) is 0 Å². The molecule has 0 unspecified atom stereocenters. The van der Waals surface area contributed by atoms with Crippen molar-refractivity contribution in [2.45, 2.75) is 39.2 Å². The summed E-state index contributed by atoms with van der Waals surface area (Å²) in [5.41, 5.74) is 3.05. The molecule has 2 rings (SSSR count). The maximum absolute atomic E-state index is 12.1. The first kappa shape index (κ1) is 22.3. The fourth-order valence-corrected chi connectivity index (χ4v) is 2.97. The Bertz CT molecular complexity index is 784. The first-order chi connectivity index (χ1) is 14.2. The van der Waals surface area contributed by atoms with Gasteiger partial charge in [0.1, 0.15) is 17.9 Å². The van der Waals surface area contributed by atoms with Gasteiger partial charge in [-0.1, -0.05) is 50.5 Å². The Balaban J connectivity index is 1.98. The van der Waals surface area contributed by atoms with Crippen molar-refractivity contribution in [2.75, 3.05) is 26.1 Å². The van der Waals surface area contributed by atoms with E-state index in [0.717, 1.165) is 29.1 Å². The van der Waals surface area contributed by atoms with Crippen molar-refractivity contribution >= 4 is 17.2 Å². The molecule has 0 spiro atoms. The van der Waals surface area contributed by atoms with E-state index in [0.29, 0.717) is 12.2 Å². The lowest BCUT2D eigenvalue weighted by Gasteiger charge is -2.13. The highest BCUT2D eigenvalue weighted by Crippen LogP contribution is 2.23. The number of carbonyl (C=O) groups is 1. The normalized spacial score (nSPS) is 11.1. The fourth-order valence-electron chi connectivity index (χ4n) is 2.97. The number of unbranched alkanes of at least 4 members (excludes halogenated alkanes) is 3. The van der Waals surface area contributed by atoms with Crippen molar-refractivity contribution in [3.8, 4) is 5.75 Å². The lowest BCUT2D eigenvalue weighted by Crippen LogP contribution is -2.08. The second kappa shape index (κ2) is 12.5. The molecule has 0 aromatic heterocycles. The third-order valence-electron chi connectivity index (χ3n) is 4.56. The van der Waals surface area contributed by atoms with Crippen LogP contribution in [0.15, 0.2) is 54.8 Å². The largest absolute Gasteiger partial charge is 0.503 e. The fraction of sp³-hybridized carbons (Fsp3) is 0.375. The van der Waals surface area contributed by atoms with E-state index in [1.807, 2.05) is 48.5 Å². The van der Waals surface area contributed by atoms with Crippen LogP contribution in [0.25, 0.3) is 5.57 Å². The number of benzene rings is 2. The monoisotopic (exact) mass is 397 g/mol. The minimum absolute atomic E-state index is 0.331. The quantitative estimate of drug-likeness (QED) is 0.224. The maximum atomic E-state index is 12.1. The second-order valence-electron chi connectivity index (χ2n) is 6.72. The molecule has 1 N–H and O–H groups in total. The molecule has 0 amide bonds. The highest BCUT2D eigenvalue weighted by atomic mass is 16.5. The van der Waals surface area contributed by atoms with Gasteiger partial charge in [-0.2, -0.15) is 0 Å². The summed E-state index contributed by atoms with van der Waals surface area (Å²) in [5, 5.41) is 3.43. The highest BCUT2D eigenvalue weighted by Gasteiger charge is 2.16. The molecule has 2 aromatic carbocycles. The predicted octanol–water partition coefficient (Wildman–Crippen LogP) is 5.42. The predicted molar refractivity (Wildman–Crippen MR) is 117 cm³/mol. The zero-order valence-electron chi connectivity index (χ0n) is 17.6. The zero-order chi connectivity index (χ0) is 20.9. The third kappa shape index (κ3) is 7.18.